The predicted octanol–water partition coefficient (Wildman–Crippen LogP) is 2.23. The SMILES string of the molecule is COc1ncnc(-c2ccc(-c3ccc(N(C)[C@H]4[C@H]5CC[C@H](NC5)[C@H]4F)nn3)c(O)c2)n1. The number of aromatic hydroxyl groups is 1. The molecule has 2 bridgehead atoms. The summed E-state index contributed by atoms with van der Waals surface area (Å²) in [5, 5.41) is 22.5. The second-order valence-corrected chi connectivity index (χ2v) is 8.20. The van der Waals surface area contributed by atoms with Gasteiger partial charge in [0.05, 0.1) is 18.8 Å². The van der Waals surface area contributed by atoms with E-state index in [0.717, 1.165) is 19.4 Å². The van der Waals surface area contributed by atoms with Crippen LogP contribution in [0.3, 0.4) is 0 Å². The highest BCUT2D eigenvalue weighted by Gasteiger charge is 2.46. The quantitative estimate of drug-likeness (QED) is 0.621. The Hall–Kier alpha value is -3.40. The third-order valence-electron chi connectivity index (χ3n) is 6.41. The molecule has 1 aliphatic carbocycles. The van der Waals surface area contributed by atoms with Crippen LogP contribution in [0.2, 0.25) is 0 Å². The Labute approximate surface area is 184 Å². The molecule has 0 spiro atoms. The van der Waals surface area contributed by atoms with Crippen molar-refractivity contribution >= 4 is 5.82 Å². The topological polar surface area (TPSA) is 109 Å². The van der Waals surface area contributed by atoms with Gasteiger partial charge in [-0.25, -0.2) is 9.37 Å². The van der Waals surface area contributed by atoms with Crippen molar-refractivity contribution in [3.8, 4) is 34.4 Å². The fourth-order valence-electron chi connectivity index (χ4n) is 4.71. The van der Waals surface area contributed by atoms with Crippen LogP contribution >= 0.6 is 0 Å². The molecule has 1 aromatic carbocycles. The van der Waals surface area contributed by atoms with Crippen molar-refractivity contribution in [3.05, 3.63) is 36.7 Å². The second kappa shape index (κ2) is 8.27. The number of halogens is 1. The average Bonchev–Trinajstić information content (AvgIpc) is 2.84. The third-order valence-corrected chi connectivity index (χ3v) is 6.41. The number of benzene rings is 1. The Morgan fingerprint density at radius 2 is 2.03 bits per heavy atom. The van der Waals surface area contributed by atoms with E-state index in [1.165, 1.54) is 13.4 Å². The van der Waals surface area contributed by atoms with Crippen LogP contribution in [0, 0.1) is 5.92 Å². The molecule has 3 fully saturated rings. The number of anilines is 1. The smallest absolute Gasteiger partial charge is 0.319 e. The van der Waals surface area contributed by atoms with Crippen LogP contribution < -0.4 is 15.0 Å². The molecule has 3 aromatic rings. The van der Waals surface area contributed by atoms with E-state index in [4.69, 9.17) is 4.74 Å². The third kappa shape index (κ3) is 3.60. The summed E-state index contributed by atoms with van der Waals surface area (Å²) in [4.78, 5) is 14.1. The number of hydrogen-bond donors (Lipinski definition) is 2. The first kappa shape index (κ1) is 20.5. The van der Waals surface area contributed by atoms with E-state index in [1.807, 2.05) is 18.0 Å². The van der Waals surface area contributed by atoms with Gasteiger partial charge in [-0.3, -0.25) is 0 Å². The molecule has 6 rings (SSSR count). The van der Waals surface area contributed by atoms with Crippen molar-refractivity contribution in [2.45, 2.75) is 31.1 Å². The van der Waals surface area contributed by atoms with Crippen LogP contribution in [0.4, 0.5) is 10.2 Å². The Morgan fingerprint density at radius 1 is 1.16 bits per heavy atom. The van der Waals surface area contributed by atoms with Gasteiger partial charge >= 0.3 is 6.01 Å². The number of ether oxygens (including phenoxy) is 1. The molecule has 32 heavy (non-hydrogen) atoms. The monoisotopic (exact) mass is 437 g/mol. The number of fused-ring (bicyclic) bond motifs is 3. The number of phenolic OH excluding ortho intramolecular Hbond substituents is 1. The van der Waals surface area contributed by atoms with Crippen LogP contribution in [0.25, 0.3) is 22.6 Å². The minimum absolute atomic E-state index is 0.0248. The molecule has 166 valence electrons. The molecule has 0 unspecified atom stereocenters. The van der Waals surface area contributed by atoms with Crippen LogP contribution in [-0.2, 0) is 0 Å². The number of alkyl halides is 1. The first-order chi connectivity index (χ1) is 15.5. The Morgan fingerprint density at radius 3 is 2.69 bits per heavy atom. The van der Waals surface area contributed by atoms with Gasteiger partial charge in [-0.2, -0.15) is 9.97 Å². The van der Waals surface area contributed by atoms with Crippen molar-refractivity contribution in [2.75, 3.05) is 25.6 Å². The fourth-order valence-corrected chi connectivity index (χ4v) is 4.71. The summed E-state index contributed by atoms with van der Waals surface area (Å²) in [5.74, 6) is 1.28. The molecule has 2 N–H and O–H groups in total. The summed E-state index contributed by atoms with van der Waals surface area (Å²) >= 11 is 0. The standard InChI is InChI=1S/C22H24FN7O2/c1-30(20-13-4-6-16(19(20)23)24-10-13)18-8-7-15(28-29-18)14-5-3-12(9-17(14)31)21-25-11-26-22(27-21)32-2/h3,5,7-9,11,13,16,19-20,24,31H,4,6,10H2,1-2H3/t13-,16-,19+,20-/m0/s1. The number of nitrogens with zero attached hydrogens (tertiary/aromatic N) is 6. The molecule has 3 aliphatic rings. The molecule has 2 aromatic heterocycles. The van der Waals surface area contributed by atoms with Gasteiger partial charge in [0.25, 0.3) is 0 Å². The van der Waals surface area contributed by atoms with Gasteiger partial charge in [0, 0.05) is 30.8 Å². The summed E-state index contributed by atoms with van der Waals surface area (Å²) in [6, 6.07) is 8.58. The first-order valence-electron chi connectivity index (χ1n) is 10.6. The zero-order chi connectivity index (χ0) is 22.2. The maximum absolute atomic E-state index is 14.9. The summed E-state index contributed by atoms with van der Waals surface area (Å²) in [6.07, 6.45) is 2.32. The zero-order valence-electron chi connectivity index (χ0n) is 17.8. The predicted molar refractivity (Wildman–Crippen MR) is 116 cm³/mol. The molecule has 10 heteroatoms. The minimum atomic E-state index is -0.931. The van der Waals surface area contributed by atoms with E-state index in [2.05, 4.69) is 30.5 Å². The van der Waals surface area contributed by atoms with Crippen molar-refractivity contribution in [3.63, 3.8) is 0 Å². The maximum Gasteiger partial charge on any atom is 0.319 e. The average molecular weight is 437 g/mol. The number of rotatable bonds is 5. The molecule has 2 saturated heterocycles. The van der Waals surface area contributed by atoms with Gasteiger partial charge < -0.3 is 20.1 Å². The number of nitrogens with one attached hydrogen (secondary N) is 1. The number of hydrogen-bond acceptors (Lipinski definition) is 9. The van der Waals surface area contributed by atoms with E-state index in [-0.39, 0.29) is 29.8 Å². The van der Waals surface area contributed by atoms with Crippen molar-refractivity contribution in [2.24, 2.45) is 5.92 Å². The number of aromatic nitrogens is 5. The summed E-state index contributed by atoms with van der Waals surface area (Å²) in [5.41, 5.74) is 1.66. The molecule has 0 radical (unpaired) electrons. The van der Waals surface area contributed by atoms with Crippen molar-refractivity contribution < 1.29 is 14.2 Å². The van der Waals surface area contributed by atoms with Crippen molar-refractivity contribution in [1.29, 1.82) is 0 Å². The van der Waals surface area contributed by atoms with Crippen molar-refractivity contribution in [1.82, 2.24) is 30.5 Å². The van der Waals surface area contributed by atoms with E-state index in [9.17, 15) is 9.50 Å². The van der Waals surface area contributed by atoms with Gasteiger partial charge in [-0.05, 0) is 43.0 Å². The largest absolute Gasteiger partial charge is 0.507 e. The molecule has 4 atom stereocenters. The summed E-state index contributed by atoms with van der Waals surface area (Å²) in [7, 11) is 3.35. The fraction of sp³-hybridized carbons (Fsp3) is 0.409. The highest BCUT2D eigenvalue weighted by atomic mass is 19.1. The van der Waals surface area contributed by atoms with Gasteiger partial charge in [0.1, 0.15) is 18.2 Å². The molecular formula is C22H24FN7O2. The number of methoxy groups -OCH3 is 1. The Kier molecular flexibility index (Phi) is 5.30. The first-order valence-corrected chi connectivity index (χ1v) is 10.6. The molecule has 1 saturated carbocycles. The lowest BCUT2D eigenvalue weighted by molar-refractivity contribution is 0.0702. The number of piperidine rings is 2. The van der Waals surface area contributed by atoms with Crippen LogP contribution in [0.5, 0.6) is 11.8 Å². The van der Waals surface area contributed by atoms with E-state index in [0.29, 0.717) is 28.5 Å². The van der Waals surface area contributed by atoms with E-state index in [1.54, 1.807) is 24.3 Å². The molecule has 4 heterocycles. The summed E-state index contributed by atoms with van der Waals surface area (Å²) in [6.45, 7) is 0.832. The van der Waals surface area contributed by atoms with E-state index < -0.39 is 6.17 Å². The van der Waals surface area contributed by atoms with Gasteiger partial charge in [0.2, 0.25) is 0 Å². The van der Waals surface area contributed by atoms with Crippen LogP contribution in [0.15, 0.2) is 36.7 Å². The van der Waals surface area contributed by atoms with Crippen LogP contribution in [0.1, 0.15) is 12.8 Å². The Balaban J connectivity index is 1.37. The van der Waals surface area contributed by atoms with Crippen LogP contribution in [-0.4, -0.2) is 69.2 Å². The molecule has 2 aliphatic heterocycles. The lowest BCUT2D eigenvalue weighted by atomic mass is 9.75. The van der Waals surface area contributed by atoms with Gasteiger partial charge in [0.15, 0.2) is 11.6 Å². The normalized spacial score (nSPS) is 24.3. The molecule has 0 amide bonds. The highest BCUT2D eigenvalue weighted by Crippen LogP contribution is 2.36. The van der Waals surface area contributed by atoms with Gasteiger partial charge in [-0.15, -0.1) is 10.2 Å². The highest BCUT2D eigenvalue weighted by molar-refractivity contribution is 5.72. The number of phenols is 1. The Bertz CT molecular complexity index is 1100. The minimum Gasteiger partial charge on any atom is -0.507 e. The lowest BCUT2D eigenvalue weighted by Crippen LogP contribution is -2.64. The van der Waals surface area contributed by atoms with Gasteiger partial charge in [-0.1, -0.05) is 6.07 Å². The molecular weight excluding hydrogens is 413 g/mol. The zero-order valence-corrected chi connectivity index (χ0v) is 17.8. The van der Waals surface area contributed by atoms with E-state index >= 15 is 0 Å². The molecule has 9 nitrogen and oxygen atoms in total. The summed E-state index contributed by atoms with van der Waals surface area (Å²) < 4.78 is 19.9. The lowest BCUT2D eigenvalue weighted by Gasteiger charge is -2.49. The second-order valence-electron chi connectivity index (χ2n) is 8.20. The maximum atomic E-state index is 14.9.